The monoisotopic (exact) mass is 227 g/mol. The zero-order valence-corrected chi connectivity index (χ0v) is 8.77. The molecule has 0 aliphatic heterocycles. The van der Waals surface area contributed by atoms with Crippen molar-refractivity contribution in [1.29, 1.82) is 0 Å². The Labute approximate surface area is 91.9 Å². The summed E-state index contributed by atoms with van der Waals surface area (Å²) < 4.78 is 4.95. The van der Waals surface area contributed by atoms with E-state index in [2.05, 4.69) is 5.32 Å². The van der Waals surface area contributed by atoms with E-state index in [1.165, 1.54) is 6.26 Å². The normalized spacial score (nSPS) is 12.1. The van der Waals surface area contributed by atoms with Gasteiger partial charge >= 0.3 is 5.97 Å². The number of carbonyl (C=O) groups is 2. The summed E-state index contributed by atoms with van der Waals surface area (Å²) in [5.41, 5.74) is 0.377. The van der Waals surface area contributed by atoms with Gasteiger partial charge in [-0.3, -0.25) is 4.79 Å². The second-order valence-electron chi connectivity index (χ2n) is 3.34. The number of carbonyl (C=O) groups excluding carboxylic acids is 1. The zero-order valence-electron chi connectivity index (χ0n) is 8.77. The molecule has 0 aliphatic carbocycles. The van der Waals surface area contributed by atoms with Crippen molar-refractivity contribution in [1.82, 2.24) is 5.32 Å². The molecule has 0 aromatic carbocycles. The van der Waals surface area contributed by atoms with E-state index < -0.39 is 12.1 Å². The lowest BCUT2D eigenvalue weighted by molar-refractivity contribution is -0.146. The molecule has 1 rings (SSSR count). The van der Waals surface area contributed by atoms with E-state index in [-0.39, 0.29) is 18.9 Å². The number of hydrogen-bond acceptors (Lipinski definition) is 4. The zero-order chi connectivity index (χ0) is 12.1. The number of nitrogens with one attached hydrogen (secondary N) is 1. The Hall–Kier alpha value is -1.82. The highest BCUT2D eigenvalue weighted by Gasteiger charge is 2.13. The SMILES string of the molecule is Cc1cc(C(=O)NCCC(O)C(=O)O)co1. The number of amides is 1. The number of carboxylic acid groups (broad SMARTS) is 1. The molecule has 6 heteroatoms. The van der Waals surface area contributed by atoms with Gasteiger partial charge in [-0.05, 0) is 13.0 Å². The third kappa shape index (κ3) is 3.39. The summed E-state index contributed by atoms with van der Waals surface area (Å²) in [6, 6.07) is 1.57. The molecule has 0 fully saturated rings. The highest BCUT2D eigenvalue weighted by atomic mass is 16.4. The first-order valence-electron chi connectivity index (χ1n) is 4.75. The standard InChI is InChI=1S/C10H13NO5/c1-6-4-7(5-16-6)9(13)11-3-2-8(12)10(14)15/h4-5,8,12H,2-3H2,1H3,(H,11,13)(H,14,15). The van der Waals surface area contributed by atoms with E-state index in [1.807, 2.05) is 0 Å². The molecule has 1 atom stereocenters. The number of rotatable bonds is 5. The van der Waals surface area contributed by atoms with Crippen LogP contribution in [0.25, 0.3) is 0 Å². The van der Waals surface area contributed by atoms with Crippen molar-refractivity contribution in [2.45, 2.75) is 19.4 Å². The Morgan fingerprint density at radius 2 is 2.25 bits per heavy atom. The summed E-state index contributed by atoms with van der Waals surface area (Å²) in [5, 5.41) is 19.8. The predicted molar refractivity (Wildman–Crippen MR) is 54.0 cm³/mol. The number of aliphatic carboxylic acids is 1. The van der Waals surface area contributed by atoms with Crippen LogP contribution in [0, 0.1) is 6.92 Å². The van der Waals surface area contributed by atoms with Crippen molar-refractivity contribution in [2.75, 3.05) is 6.54 Å². The van der Waals surface area contributed by atoms with Crippen molar-refractivity contribution in [3.8, 4) is 0 Å². The van der Waals surface area contributed by atoms with Gasteiger partial charge in [-0.25, -0.2) is 4.79 Å². The van der Waals surface area contributed by atoms with E-state index in [0.29, 0.717) is 11.3 Å². The average Bonchev–Trinajstić information content (AvgIpc) is 2.64. The van der Waals surface area contributed by atoms with Gasteiger partial charge in [-0.1, -0.05) is 0 Å². The summed E-state index contributed by atoms with van der Waals surface area (Å²) in [7, 11) is 0. The Morgan fingerprint density at radius 3 is 2.75 bits per heavy atom. The Kier molecular flexibility index (Phi) is 4.07. The minimum absolute atomic E-state index is 0.0299. The first-order chi connectivity index (χ1) is 7.50. The molecule has 16 heavy (non-hydrogen) atoms. The van der Waals surface area contributed by atoms with Crippen LogP contribution < -0.4 is 5.32 Å². The van der Waals surface area contributed by atoms with E-state index in [9.17, 15) is 9.59 Å². The van der Waals surface area contributed by atoms with Crippen molar-refractivity contribution in [3.63, 3.8) is 0 Å². The van der Waals surface area contributed by atoms with Crippen molar-refractivity contribution in [3.05, 3.63) is 23.7 Å². The van der Waals surface area contributed by atoms with Gasteiger partial charge in [0.25, 0.3) is 5.91 Å². The van der Waals surface area contributed by atoms with Crippen molar-refractivity contribution >= 4 is 11.9 Å². The molecule has 0 radical (unpaired) electrons. The van der Waals surface area contributed by atoms with Crippen LogP contribution in [0.4, 0.5) is 0 Å². The van der Waals surface area contributed by atoms with Crippen molar-refractivity contribution in [2.24, 2.45) is 0 Å². The van der Waals surface area contributed by atoms with Crippen LogP contribution in [0.3, 0.4) is 0 Å². The van der Waals surface area contributed by atoms with Crippen LogP contribution in [0.2, 0.25) is 0 Å². The quantitative estimate of drug-likeness (QED) is 0.665. The fraction of sp³-hybridized carbons (Fsp3) is 0.400. The summed E-state index contributed by atoms with van der Waals surface area (Å²) in [6.45, 7) is 1.81. The lowest BCUT2D eigenvalue weighted by atomic mass is 10.2. The van der Waals surface area contributed by atoms with Gasteiger partial charge < -0.3 is 19.9 Å². The highest BCUT2D eigenvalue weighted by molar-refractivity contribution is 5.93. The molecular weight excluding hydrogens is 214 g/mol. The average molecular weight is 227 g/mol. The summed E-state index contributed by atoms with van der Waals surface area (Å²) >= 11 is 0. The molecule has 3 N–H and O–H groups in total. The second-order valence-corrected chi connectivity index (χ2v) is 3.34. The molecule has 88 valence electrons. The number of aryl methyl sites for hydroxylation is 1. The van der Waals surface area contributed by atoms with Gasteiger partial charge in [0.1, 0.15) is 12.0 Å². The molecule has 0 aliphatic rings. The van der Waals surface area contributed by atoms with Crippen LogP contribution in [-0.2, 0) is 4.79 Å². The van der Waals surface area contributed by atoms with Gasteiger partial charge in [0.05, 0.1) is 5.56 Å². The van der Waals surface area contributed by atoms with E-state index >= 15 is 0 Å². The molecule has 1 aromatic rings. The van der Waals surface area contributed by atoms with Crippen LogP contribution in [0.15, 0.2) is 16.7 Å². The van der Waals surface area contributed by atoms with Crippen molar-refractivity contribution < 1.29 is 24.2 Å². The lowest BCUT2D eigenvalue weighted by Gasteiger charge is -2.05. The molecular formula is C10H13NO5. The lowest BCUT2D eigenvalue weighted by Crippen LogP contribution is -2.29. The maximum absolute atomic E-state index is 11.4. The smallest absolute Gasteiger partial charge is 0.332 e. The number of aliphatic hydroxyl groups excluding tert-OH is 1. The summed E-state index contributed by atoms with van der Waals surface area (Å²) in [4.78, 5) is 21.7. The molecule has 0 bridgehead atoms. The van der Waals surface area contributed by atoms with Crippen LogP contribution in [-0.4, -0.2) is 34.7 Å². The van der Waals surface area contributed by atoms with E-state index in [1.54, 1.807) is 13.0 Å². The molecule has 1 heterocycles. The Balaban J connectivity index is 2.34. The topological polar surface area (TPSA) is 99.8 Å². The number of aliphatic hydroxyl groups is 1. The molecule has 0 spiro atoms. The molecule has 6 nitrogen and oxygen atoms in total. The maximum atomic E-state index is 11.4. The first kappa shape index (κ1) is 12.3. The third-order valence-corrected chi connectivity index (χ3v) is 1.98. The minimum Gasteiger partial charge on any atom is -0.479 e. The highest BCUT2D eigenvalue weighted by Crippen LogP contribution is 2.05. The van der Waals surface area contributed by atoms with Crippen LogP contribution in [0.5, 0.6) is 0 Å². The Bertz CT molecular complexity index is 384. The number of hydrogen-bond donors (Lipinski definition) is 3. The third-order valence-electron chi connectivity index (χ3n) is 1.98. The number of furan rings is 1. The predicted octanol–water partition coefficient (Wildman–Crippen LogP) is 0.153. The second kappa shape index (κ2) is 5.32. The van der Waals surface area contributed by atoms with Gasteiger partial charge in [-0.15, -0.1) is 0 Å². The maximum Gasteiger partial charge on any atom is 0.332 e. The van der Waals surface area contributed by atoms with Gasteiger partial charge in [-0.2, -0.15) is 0 Å². The van der Waals surface area contributed by atoms with E-state index in [0.717, 1.165) is 0 Å². The summed E-state index contributed by atoms with van der Waals surface area (Å²) in [6.07, 6.45) is -0.165. The van der Waals surface area contributed by atoms with Gasteiger partial charge in [0, 0.05) is 13.0 Å². The molecule has 1 aromatic heterocycles. The number of carboxylic acids is 1. The fourth-order valence-corrected chi connectivity index (χ4v) is 1.11. The molecule has 1 amide bonds. The molecule has 0 saturated carbocycles. The fourth-order valence-electron chi connectivity index (χ4n) is 1.11. The van der Waals surface area contributed by atoms with Crippen LogP contribution >= 0.6 is 0 Å². The molecule has 1 unspecified atom stereocenters. The Morgan fingerprint density at radius 1 is 1.56 bits per heavy atom. The first-order valence-corrected chi connectivity index (χ1v) is 4.75. The minimum atomic E-state index is -1.45. The van der Waals surface area contributed by atoms with Gasteiger partial charge in [0.15, 0.2) is 6.10 Å². The summed E-state index contributed by atoms with van der Waals surface area (Å²) in [5.74, 6) is -1.03. The van der Waals surface area contributed by atoms with E-state index in [4.69, 9.17) is 14.6 Å². The van der Waals surface area contributed by atoms with Crippen LogP contribution in [0.1, 0.15) is 22.5 Å². The largest absolute Gasteiger partial charge is 0.479 e. The van der Waals surface area contributed by atoms with Gasteiger partial charge in [0.2, 0.25) is 0 Å². The molecule has 0 saturated heterocycles.